The Morgan fingerprint density at radius 3 is 2.21 bits per heavy atom. The molecule has 0 heterocycles. The van der Waals surface area contributed by atoms with Crippen molar-refractivity contribution >= 4 is 17.7 Å². The molecule has 0 bridgehead atoms. The summed E-state index contributed by atoms with van der Waals surface area (Å²) in [6.45, 7) is 4.67. The molecule has 0 amide bonds. The van der Waals surface area contributed by atoms with Crippen LogP contribution in [-0.4, -0.2) is 30.9 Å². The first-order chi connectivity index (χ1) is 13.4. The third kappa shape index (κ3) is 6.16. The van der Waals surface area contributed by atoms with Crippen LogP contribution in [0.2, 0.25) is 0 Å². The molecule has 6 heteroatoms. The van der Waals surface area contributed by atoms with Gasteiger partial charge in [0, 0.05) is 25.8 Å². The molecule has 146 valence electrons. The van der Waals surface area contributed by atoms with E-state index in [0.717, 1.165) is 24.1 Å². The Morgan fingerprint density at radius 1 is 0.964 bits per heavy atom. The number of ether oxygens (including phenoxy) is 2. The molecule has 0 aliphatic heterocycles. The van der Waals surface area contributed by atoms with Crippen molar-refractivity contribution in [2.24, 2.45) is 0 Å². The number of benzene rings is 2. The van der Waals surface area contributed by atoms with Gasteiger partial charge in [0.25, 0.3) is 0 Å². The molecule has 0 radical (unpaired) electrons. The molecule has 0 aliphatic carbocycles. The zero-order valence-electron chi connectivity index (χ0n) is 15.6. The molecule has 0 aromatic heterocycles. The summed E-state index contributed by atoms with van der Waals surface area (Å²) < 4.78 is 24.0. The van der Waals surface area contributed by atoms with E-state index in [-0.39, 0.29) is 19.6 Å². The average molecular weight is 384 g/mol. The topological polar surface area (TPSA) is 69.7 Å². The molecule has 0 saturated heterocycles. The molecule has 28 heavy (non-hydrogen) atoms. The van der Waals surface area contributed by atoms with E-state index in [0.29, 0.717) is 17.5 Å². The molecule has 0 saturated carbocycles. The SMILES string of the molecule is C=CC(=O)OCCc1ccc(-c2ccc(CCOC(=O)C(C)=O)c(F)c2)cc1. The molecule has 2 aromatic carbocycles. The second-order valence-corrected chi connectivity index (χ2v) is 6.07. The van der Waals surface area contributed by atoms with Crippen molar-refractivity contribution in [1.82, 2.24) is 0 Å². The number of esters is 2. The van der Waals surface area contributed by atoms with Crippen molar-refractivity contribution in [3.8, 4) is 11.1 Å². The maximum Gasteiger partial charge on any atom is 0.374 e. The molecule has 0 spiro atoms. The van der Waals surface area contributed by atoms with E-state index in [9.17, 15) is 18.8 Å². The predicted octanol–water partition coefficient (Wildman–Crippen LogP) is 3.44. The number of Topliss-reactive ketones (excluding diaryl/α,β-unsaturated/α-hetero) is 1. The highest BCUT2D eigenvalue weighted by Crippen LogP contribution is 2.23. The number of hydrogen-bond acceptors (Lipinski definition) is 5. The van der Waals surface area contributed by atoms with Crippen LogP contribution in [-0.2, 0) is 36.7 Å². The van der Waals surface area contributed by atoms with E-state index < -0.39 is 23.5 Å². The number of hydrogen-bond donors (Lipinski definition) is 0. The third-order valence-corrected chi connectivity index (χ3v) is 4.03. The smallest absolute Gasteiger partial charge is 0.374 e. The number of halogens is 1. The van der Waals surface area contributed by atoms with Crippen LogP contribution in [0.15, 0.2) is 55.1 Å². The van der Waals surface area contributed by atoms with Gasteiger partial charge < -0.3 is 9.47 Å². The van der Waals surface area contributed by atoms with Crippen molar-refractivity contribution in [3.05, 3.63) is 72.1 Å². The fourth-order valence-electron chi connectivity index (χ4n) is 2.48. The lowest BCUT2D eigenvalue weighted by molar-refractivity contribution is -0.152. The molecule has 0 aliphatic rings. The standard InChI is InChI=1S/C22H21FO5/c1-3-21(25)27-12-10-16-4-6-17(7-5-16)19-9-8-18(20(23)14-19)11-13-28-22(26)15(2)24/h3-9,14H,1,10-13H2,2H3. The van der Waals surface area contributed by atoms with Gasteiger partial charge in [-0.05, 0) is 28.3 Å². The lowest BCUT2D eigenvalue weighted by Gasteiger charge is -2.08. The Hall–Kier alpha value is -3.28. The summed E-state index contributed by atoms with van der Waals surface area (Å²) in [7, 11) is 0. The highest BCUT2D eigenvalue weighted by Gasteiger charge is 2.10. The lowest BCUT2D eigenvalue weighted by atomic mass is 10.0. The van der Waals surface area contributed by atoms with Crippen molar-refractivity contribution in [2.45, 2.75) is 19.8 Å². The minimum atomic E-state index is -0.920. The quantitative estimate of drug-likeness (QED) is 0.376. The molecule has 0 N–H and O–H groups in total. The van der Waals surface area contributed by atoms with Gasteiger partial charge in [0.15, 0.2) is 0 Å². The number of carbonyl (C=O) groups excluding carboxylic acids is 3. The zero-order chi connectivity index (χ0) is 20.5. The average Bonchev–Trinajstić information content (AvgIpc) is 2.69. The summed E-state index contributed by atoms with van der Waals surface area (Å²) in [5.74, 6) is -2.46. The lowest BCUT2D eigenvalue weighted by Crippen LogP contribution is -2.15. The zero-order valence-corrected chi connectivity index (χ0v) is 15.6. The number of rotatable bonds is 9. The molecule has 2 rings (SSSR count). The largest absolute Gasteiger partial charge is 0.462 e. The summed E-state index contributed by atoms with van der Waals surface area (Å²) >= 11 is 0. The molecule has 0 unspecified atom stereocenters. The number of ketones is 1. The van der Waals surface area contributed by atoms with Crippen LogP contribution in [0, 0.1) is 5.82 Å². The van der Waals surface area contributed by atoms with E-state index in [2.05, 4.69) is 6.58 Å². The Bertz CT molecular complexity index is 871. The molecule has 0 fully saturated rings. The second-order valence-electron chi connectivity index (χ2n) is 6.07. The Morgan fingerprint density at radius 2 is 1.61 bits per heavy atom. The van der Waals surface area contributed by atoms with Crippen molar-refractivity contribution in [1.29, 1.82) is 0 Å². The van der Waals surface area contributed by atoms with Crippen LogP contribution in [0.25, 0.3) is 11.1 Å². The van der Waals surface area contributed by atoms with Crippen molar-refractivity contribution < 1.29 is 28.2 Å². The van der Waals surface area contributed by atoms with Crippen LogP contribution in [0.3, 0.4) is 0 Å². The molecule has 0 atom stereocenters. The predicted molar refractivity (Wildman–Crippen MR) is 102 cm³/mol. The van der Waals surface area contributed by atoms with Gasteiger partial charge >= 0.3 is 11.9 Å². The Kier molecular flexibility index (Phi) is 7.63. The monoisotopic (exact) mass is 384 g/mol. The van der Waals surface area contributed by atoms with E-state index in [1.165, 1.54) is 6.07 Å². The first-order valence-corrected chi connectivity index (χ1v) is 8.75. The van der Waals surface area contributed by atoms with E-state index >= 15 is 0 Å². The van der Waals surface area contributed by atoms with Crippen LogP contribution in [0.5, 0.6) is 0 Å². The van der Waals surface area contributed by atoms with Gasteiger partial charge in [0.05, 0.1) is 13.2 Å². The van der Waals surface area contributed by atoms with Crippen LogP contribution in [0.1, 0.15) is 18.1 Å². The Balaban J connectivity index is 1.95. The van der Waals surface area contributed by atoms with Crippen LogP contribution < -0.4 is 0 Å². The fraction of sp³-hybridized carbons (Fsp3) is 0.227. The summed E-state index contributed by atoms with van der Waals surface area (Å²) in [4.78, 5) is 32.9. The minimum absolute atomic E-state index is 0.0557. The van der Waals surface area contributed by atoms with Gasteiger partial charge in [-0.1, -0.05) is 43.0 Å². The normalized spacial score (nSPS) is 10.2. The highest BCUT2D eigenvalue weighted by molar-refractivity contribution is 6.32. The van der Waals surface area contributed by atoms with Gasteiger partial charge in [-0.25, -0.2) is 14.0 Å². The summed E-state index contributed by atoms with van der Waals surface area (Å²) in [6, 6.07) is 12.4. The van der Waals surface area contributed by atoms with Gasteiger partial charge in [-0.15, -0.1) is 0 Å². The van der Waals surface area contributed by atoms with Crippen LogP contribution >= 0.6 is 0 Å². The molecule has 5 nitrogen and oxygen atoms in total. The van der Waals surface area contributed by atoms with Gasteiger partial charge in [-0.3, -0.25) is 4.79 Å². The Labute approximate surface area is 162 Å². The van der Waals surface area contributed by atoms with Gasteiger partial charge in [-0.2, -0.15) is 0 Å². The van der Waals surface area contributed by atoms with Gasteiger partial charge in [0.2, 0.25) is 5.78 Å². The van der Waals surface area contributed by atoms with E-state index in [4.69, 9.17) is 9.47 Å². The number of carbonyl (C=O) groups is 3. The summed E-state index contributed by atoms with van der Waals surface area (Å²) in [5.41, 5.74) is 2.96. The first kappa shape index (κ1) is 21.0. The maximum atomic E-state index is 14.3. The molecular weight excluding hydrogens is 363 g/mol. The van der Waals surface area contributed by atoms with E-state index in [1.807, 2.05) is 24.3 Å². The third-order valence-electron chi connectivity index (χ3n) is 4.03. The minimum Gasteiger partial charge on any atom is -0.462 e. The molecular formula is C22H21FO5. The fourth-order valence-corrected chi connectivity index (χ4v) is 2.48. The van der Waals surface area contributed by atoms with Crippen LogP contribution in [0.4, 0.5) is 4.39 Å². The van der Waals surface area contributed by atoms with E-state index in [1.54, 1.807) is 12.1 Å². The summed E-state index contributed by atoms with van der Waals surface area (Å²) in [5, 5.41) is 0. The molecule has 2 aromatic rings. The maximum absolute atomic E-state index is 14.3. The van der Waals surface area contributed by atoms with Gasteiger partial charge in [0.1, 0.15) is 5.82 Å². The second kappa shape index (κ2) is 10.2. The van der Waals surface area contributed by atoms with Crippen molar-refractivity contribution in [3.63, 3.8) is 0 Å². The summed E-state index contributed by atoms with van der Waals surface area (Å²) in [6.07, 6.45) is 1.88. The first-order valence-electron chi connectivity index (χ1n) is 8.75. The highest BCUT2D eigenvalue weighted by atomic mass is 19.1. The van der Waals surface area contributed by atoms with Crippen molar-refractivity contribution in [2.75, 3.05) is 13.2 Å².